The van der Waals surface area contributed by atoms with Crippen LogP contribution in [0.5, 0.6) is 0 Å². The number of amides is 1. The lowest BCUT2D eigenvalue weighted by molar-refractivity contribution is 0.0583. The highest BCUT2D eigenvalue weighted by Gasteiger charge is 2.19. The highest BCUT2D eigenvalue weighted by atomic mass is 16.5. The molecule has 1 N–H and O–H groups in total. The first kappa shape index (κ1) is 21.5. The molecule has 3 aromatic carbocycles. The van der Waals surface area contributed by atoms with Gasteiger partial charge in [0.1, 0.15) is 0 Å². The summed E-state index contributed by atoms with van der Waals surface area (Å²) in [6.07, 6.45) is 9.22. The molecule has 4 nitrogen and oxygen atoms in total. The maximum Gasteiger partial charge on any atom is 0.256 e. The smallest absolute Gasteiger partial charge is 0.256 e. The van der Waals surface area contributed by atoms with E-state index >= 15 is 0 Å². The van der Waals surface area contributed by atoms with Gasteiger partial charge < -0.3 is 15.0 Å². The summed E-state index contributed by atoms with van der Waals surface area (Å²) in [6.45, 7) is 3.44. The van der Waals surface area contributed by atoms with E-state index in [-0.39, 0.29) is 5.91 Å². The SMILES string of the molecule is O=C(NC1=CC=CN(CC2CCOCC2)C1)c1ccc(Cc2ccccc2)c2ccccc12. The van der Waals surface area contributed by atoms with Gasteiger partial charge in [-0.05, 0) is 71.5 Å². The minimum atomic E-state index is -0.0509. The van der Waals surface area contributed by atoms with Gasteiger partial charge in [0.25, 0.3) is 5.91 Å². The fourth-order valence-corrected chi connectivity index (χ4v) is 4.81. The van der Waals surface area contributed by atoms with Crippen molar-refractivity contribution in [1.29, 1.82) is 0 Å². The lowest BCUT2D eigenvalue weighted by atomic mass is 9.95. The number of rotatable bonds is 6. The summed E-state index contributed by atoms with van der Waals surface area (Å²) >= 11 is 0. The minimum absolute atomic E-state index is 0.0509. The molecule has 2 aliphatic rings. The van der Waals surface area contributed by atoms with Gasteiger partial charge in [-0.15, -0.1) is 0 Å². The normalized spacial score (nSPS) is 16.6. The Labute approximate surface area is 195 Å². The van der Waals surface area contributed by atoms with Crippen LogP contribution < -0.4 is 5.32 Å². The largest absolute Gasteiger partial charge is 0.381 e. The molecule has 0 aromatic heterocycles. The van der Waals surface area contributed by atoms with Gasteiger partial charge in [-0.2, -0.15) is 0 Å². The van der Waals surface area contributed by atoms with Gasteiger partial charge in [-0.1, -0.05) is 60.7 Å². The average molecular weight is 439 g/mol. The number of fused-ring (bicyclic) bond motifs is 1. The Kier molecular flexibility index (Phi) is 6.54. The van der Waals surface area contributed by atoms with Crippen molar-refractivity contribution < 1.29 is 9.53 Å². The molecule has 4 heteroatoms. The molecule has 0 atom stereocenters. The van der Waals surface area contributed by atoms with Gasteiger partial charge in [0.15, 0.2) is 0 Å². The Morgan fingerprint density at radius 2 is 1.70 bits per heavy atom. The van der Waals surface area contributed by atoms with Crippen LogP contribution in [0.15, 0.2) is 90.8 Å². The van der Waals surface area contributed by atoms with E-state index in [4.69, 9.17) is 4.74 Å². The van der Waals surface area contributed by atoms with Crippen molar-refractivity contribution in [2.75, 3.05) is 26.3 Å². The van der Waals surface area contributed by atoms with E-state index in [1.165, 1.54) is 11.1 Å². The summed E-state index contributed by atoms with van der Waals surface area (Å²) < 4.78 is 5.48. The van der Waals surface area contributed by atoms with E-state index in [9.17, 15) is 4.79 Å². The summed E-state index contributed by atoms with van der Waals surface area (Å²) in [5, 5.41) is 5.30. The maximum absolute atomic E-state index is 13.3. The third-order valence-corrected chi connectivity index (χ3v) is 6.57. The van der Waals surface area contributed by atoms with Crippen molar-refractivity contribution in [3.63, 3.8) is 0 Å². The lowest BCUT2D eigenvalue weighted by Crippen LogP contribution is -2.35. The molecule has 0 radical (unpaired) electrons. The Morgan fingerprint density at radius 1 is 0.939 bits per heavy atom. The number of hydrogen-bond donors (Lipinski definition) is 1. The van der Waals surface area contributed by atoms with Crippen LogP contribution in [0, 0.1) is 5.92 Å². The van der Waals surface area contributed by atoms with Gasteiger partial charge in [0.05, 0.1) is 6.54 Å². The molecule has 0 saturated carbocycles. The van der Waals surface area contributed by atoms with Crippen LogP contribution >= 0.6 is 0 Å². The van der Waals surface area contributed by atoms with Gasteiger partial charge in [-0.3, -0.25) is 4.79 Å². The summed E-state index contributed by atoms with van der Waals surface area (Å²) in [7, 11) is 0. The van der Waals surface area contributed by atoms with E-state index in [0.717, 1.165) is 62.0 Å². The van der Waals surface area contributed by atoms with Crippen LogP contribution in [0.3, 0.4) is 0 Å². The summed E-state index contributed by atoms with van der Waals surface area (Å²) in [6, 6.07) is 22.7. The Hall–Kier alpha value is -3.37. The molecule has 1 amide bonds. The second-order valence-corrected chi connectivity index (χ2v) is 8.95. The molecule has 0 aliphatic carbocycles. The van der Waals surface area contributed by atoms with Crippen molar-refractivity contribution in [3.05, 3.63) is 107 Å². The number of ether oxygens (including phenoxy) is 1. The third kappa shape index (κ3) is 5.18. The van der Waals surface area contributed by atoms with E-state index in [0.29, 0.717) is 11.5 Å². The average Bonchev–Trinajstić information content (AvgIpc) is 2.86. The van der Waals surface area contributed by atoms with Crippen molar-refractivity contribution in [2.45, 2.75) is 19.3 Å². The fourth-order valence-electron chi connectivity index (χ4n) is 4.81. The topological polar surface area (TPSA) is 41.6 Å². The number of benzene rings is 3. The Bertz CT molecular complexity index is 1180. The minimum Gasteiger partial charge on any atom is -0.381 e. The van der Waals surface area contributed by atoms with Crippen LogP contribution in [0.1, 0.15) is 34.3 Å². The number of nitrogens with one attached hydrogen (secondary N) is 1. The Balaban J connectivity index is 1.31. The molecule has 33 heavy (non-hydrogen) atoms. The molecule has 5 rings (SSSR count). The van der Waals surface area contributed by atoms with Gasteiger partial charge in [0, 0.05) is 31.0 Å². The van der Waals surface area contributed by atoms with Crippen LogP contribution in [0.2, 0.25) is 0 Å². The Morgan fingerprint density at radius 3 is 2.52 bits per heavy atom. The zero-order chi connectivity index (χ0) is 22.5. The summed E-state index contributed by atoms with van der Waals surface area (Å²) in [5.74, 6) is 0.601. The molecule has 0 bridgehead atoms. The molecule has 168 valence electrons. The molecular weight excluding hydrogens is 408 g/mol. The number of allylic oxidation sites excluding steroid dienone is 2. The predicted octanol–water partition coefficient (Wildman–Crippen LogP) is 5.30. The van der Waals surface area contributed by atoms with Crippen LogP contribution in [0.25, 0.3) is 10.8 Å². The number of carbonyl (C=O) groups is 1. The third-order valence-electron chi connectivity index (χ3n) is 6.57. The number of nitrogens with zero attached hydrogens (tertiary/aromatic N) is 1. The van der Waals surface area contributed by atoms with Gasteiger partial charge in [-0.25, -0.2) is 0 Å². The molecular formula is C29H30N2O2. The van der Waals surface area contributed by atoms with E-state index in [1.54, 1.807) is 0 Å². The monoisotopic (exact) mass is 438 g/mol. The maximum atomic E-state index is 13.3. The zero-order valence-corrected chi connectivity index (χ0v) is 18.9. The van der Waals surface area contributed by atoms with Gasteiger partial charge in [0.2, 0.25) is 0 Å². The summed E-state index contributed by atoms with van der Waals surface area (Å²) in [5.41, 5.74) is 4.15. The molecule has 0 spiro atoms. The lowest BCUT2D eigenvalue weighted by Gasteiger charge is -2.31. The van der Waals surface area contributed by atoms with Crippen molar-refractivity contribution in [1.82, 2.24) is 10.2 Å². The second kappa shape index (κ2) is 10.1. The molecule has 2 aliphatic heterocycles. The first-order chi connectivity index (χ1) is 16.3. The molecule has 2 heterocycles. The van der Waals surface area contributed by atoms with Crippen LogP contribution in [0.4, 0.5) is 0 Å². The highest BCUT2D eigenvalue weighted by molar-refractivity contribution is 6.08. The quantitative estimate of drug-likeness (QED) is 0.568. The van der Waals surface area contributed by atoms with Crippen molar-refractivity contribution >= 4 is 16.7 Å². The van der Waals surface area contributed by atoms with Gasteiger partial charge >= 0.3 is 0 Å². The van der Waals surface area contributed by atoms with Crippen LogP contribution in [-0.2, 0) is 11.2 Å². The molecule has 3 aromatic rings. The summed E-state index contributed by atoms with van der Waals surface area (Å²) in [4.78, 5) is 15.6. The van der Waals surface area contributed by atoms with Crippen LogP contribution in [-0.4, -0.2) is 37.1 Å². The zero-order valence-electron chi connectivity index (χ0n) is 18.9. The van der Waals surface area contributed by atoms with Crippen molar-refractivity contribution in [2.24, 2.45) is 5.92 Å². The standard InChI is InChI=1S/C29H30N2O2/c32-29(30-25-9-6-16-31(21-25)20-23-14-17-33-18-15-23)28-13-12-24(19-22-7-2-1-3-8-22)26-10-4-5-11-27(26)28/h1-13,16,23H,14-15,17-21H2,(H,30,32). The molecule has 1 fully saturated rings. The van der Waals surface area contributed by atoms with E-state index in [2.05, 4.69) is 52.8 Å². The van der Waals surface area contributed by atoms with E-state index < -0.39 is 0 Å². The van der Waals surface area contributed by atoms with Crippen molar-refractivity contribution in [3.8, 4) is 0 Å². The number of carbonyl (C=O) groups excluding carboxylic acids is 1. The first-order valence-corrected chi connectivity index (χ1v) is 11.8. The van der Waals surface area contributed by atoms with E-state index in [1.807, 2.05) is 42.5 Å². The second-order valence-electron chi connectivity index (χ2n) is 8.95. The predicted molar refractivity (Wildman–Crippen MR) is 133 cm³/mol. The number of hydrogen-bond acceptors (Lipinski definition) is 3. The molecule has 0 unspecified atom stereocenters. The highest BCUT2D eigenvalue weighted by Crippen LogP contribution is 2.25. The molecule has 1 saturated heterocycles. The fraction of sp³-hybridized carbons (Fsp3) is 0.276. The first-order valence-electron chi connectivity index (χ1n) is 11.8.